The molecule has 0 aliphatic heterocycles. The van der Waals surface area contributed by atoms with Crippen LogP contribution in [-0.2, 0) is 41.0 Å². The molecule has 4 nitrogen and oxygen atoms in total. The summed E-state index contributed by atoms with van der Waals surface area (Å²) in [5.74, 6) is 0. The summed E-state index contributed by atoms with van der Waals surface area (Å²) in [5.41, 5.74) is 7.00. The minimum Gasteiger partial charge on any atom is -0.677 e. The fourth-order valence-electron chi connectivity index (χ4n) is 1.05. The Morgan fingerprint density at radius 1 is 1.22 bits per heavy atom. The van der Waals surface area contributed by atoms with E-state index in [0.29, 0.717) is 13.2 Å². The molecule has 115 valence electrons. The van der Waals surface area contributed by atoms with E-state index >= 15 is 0 Å². The summed E-state index contributed by atoms with van der Waals surface area (Å²) in [4.78, 5) is 0. The van der Waals surface area contributed by atoms with Gasteiger partial charge in [-0.05, 0) is 32.1 Å². The second kappa shape index (κ2) is 16.2. The van der Waals surface area contributed by atoms with Crippen molar-refractivity contribution in [3.8, 4) is 0 Å². The normalized spacial score (nSPS) is 13.3. The zero-order valence-electron chi connectivity index (χ0n) is 12.1. The van der Waals surface area contributed by atoms with E-state index in [1.165, 1.54) is 0 Å². The predicted molar refractivity (Wildman–Crippen MR) is 79.9 cm³/mol. The van der Waals surface area contributed by atoms with E-state index in [0.717, 1.165) is 19.3 Å². The van der Waals surface area contributed by atoms with Gasteiger partial charge < -0.3 is 14.8 Å². The first kappa shape index (κ1) is 24.2. The summed E-state index contributed by atoms with van der Waals surface area (Å²) in [5, 5.41) is 3.14. The molecule has 0 fully saturated rings. The number of nitrogens with one attached hydrogen (secondary N) is 2. The van der Waals surface area contributed by atoms with Crippen LogP contribution in [0.5, 0.6) is 0 Å². The number of rotatable bonds is 9. The van der Waals surface area contributed by atoms with Gasteiger partial charge in [0.05, 0.1) is 6.61 Å². The summed E-state index contributed by atoms with van der Waals surface area (Å²) in [6.45, 7) is 6.87. The summed E-state index contributed by atoms with van der Waals surface area (Å²) >= 11 is 5.28. The maximum atomic E-state index is 7.00. The zero-order chi connectivity index (χ0) is 13.7. The minimum atomic E-state index is -2.27. The van der Waals surface area contributed by atoms with Crippen molar-refractivity contribution in [1.29, 1.82) is 0 Å². The van der Waals surface area contributed by atoms with Crippen LogP contribution in [0, 0.1) is 0 Å². The monoisotopic (exact) mass is 476 g/mol. The molecule has 0 saturated heterocycles. The number of hydrogen-bond donors (Lipinski definition) is 1. The van der Waals surface area contributed by atoms with Crippen molar-refractivity contribution in [2.75, 3.05) is 20.3 Å². The molecule has 0 amide bonds. The van der Waals surface area contributed by atoms with Crippen molar-refractivity contribution in [1.82, 2.24) is 5.09 Å². The Labute approximate surface area is 131 Å². The van der Waals surface area contributed by atoms with Crippen molar-refractivity contribution >= 4 is 18.4 Å². The molecule has 0 rings (SSSR count). The topological polar surface area (TPSA) is 54.3 Å². The molecule has 0 aliphatic rings. The first-order valence-electron chi connectivity index (χ1n) is 6.27. The van der Waals surface area contributed by atoms with Gasteiger partial charge in [0, 0.05) is 33.3 Å². The van der Waals surface area contributed by atoms with Gasteiger partial charge in [0.25, 0.3) is 6.64 Å². The van der Waals surface area contributed by atoms with Crippen LogP contribution in [0.4, 0.5) is 0 Å². The third kappa shape index (κ3) is 15.2. The van der Waals surface area contributed by atoms with Gasteiger partial charge in [0.15, 0.2) is 0 Å². The third-order valence-corrected chi connectivity index (χ3v) is 4.65. The number of unbranched alkanes of at least 4 members (excludes halogenated alkanes) is 2. The van der Waals surface area contributed by atoms with E-state index in [1.54, 1.807) is 7.11 Å². The molecular weight excluding hydrogens is 447 g/mol. The van der Waals surface area contributed by atoms with Crippen molar-refractivity contribution in [3.05, 3.63) is 5.73 Å². The van der Waals surface area contributed by atoms with E-state index in [-0.39, 0.29) is 26.1 Å². The molecule has 0 spiro atoms. The number of hydrogen-bond acceptors (Lipinski definition) is 3. The predicted octanol–water partition coefficient (Wildman–Crippen LogP) is 4.12. The quantitative estimate of drug-likeness (QED) is 0.403. The van der Waals surface area contributed by atoms with Crippen molar-refractivity contribution in [3.63, 3.8) is 0 Å². The molecule has 1 atom stereocenters. The van der Waals surface area contributed by atoms with Gasteiger partial charge in [-0.2, -0.15) is 6.54 Å². The molecule has 1 unspecified atom stereocenters. The van der Waals surface area contributed by atoms with Crippen molar-refractivity contribution < 1.29 is 29.2 Å². The summed E-state index contributed by atoms with van der Waals surface area (Å²) in [7, 11) is 1.58. The van der Waals surface area contributed by atoms with Gasteiger partial charge in [0.1, 0.15) is 0 Å². The first-order chi connectivity index (χ1) is 8.04. The van der Waals surface area contributed by atoms with Crippen LogP contribution in [0.25, 0.3) is 5.73 Å². The Balaban J connectivity index is -0.000000709. The molecule has 0 aromatic heterocycles. The fraction of sp³-hybridized carbons (Fsp3) is 1.00. The smallest absolute Gasteiger partial charge is 0.261 e. The Bertz CT molecular complexity index is 209. The molecular formula is C11H28IrN2O2PS-. The van der Waals surface area contributed by atoms with Crippen LogP contribution in [0.3, 0.4) is 0 Å². The van der Waals surface area contributed by atoms with E-state index in [2.05, 4.69) is 5.09 Å². The van der Waals surface area contributed by atoms with Crippen LogP contribution >= 0.6 is 6.64 Å². The molecule has 0 aliphatic carbocycles. The van der Waals surface area contributed by atoms with E-state index in [9.17, 15) is 0 Å². The molecule has 0 heterocycles. The largest absolute Gasteiger partial charge is 0.677 e. The molecule has 0 aromatic rings. The molecule has 0 saturated carbocycles. The maximum Gasteiger partial charge on any atom is 0.261 e. The Hall–Kier alpha value is 1.14. The standard InChI is InChI=1S/C9H22N2O2PS.C2H6.Ir/c1-9(2)11-14(15,12-3)13-8-6-4-5-7-10;1-2;/h9-10H,4-8H2,1-3H3,(H,11,15);1-2H3;/q-1;;. The van der Waals surface area contributed by atoms with Crippen LogP contribution < -0.4 is 5.09 Å². The van der Waals surface area contributed by atoms with E-state index < -0.39 is 6.64 Å². The van der Waals surface area contributed by atoms with Gasteiger partial charge in [-0.25, -0.2) is 5.09 Å². The molecule has 2 N–H and O–H groups in total. The second-order valence-electron chi connectivity index (χ2n) is 3.61. The summed E-state index contributed by atoms with van der Waals surface area (Å²) in [6, 6.07) is 0.268. The van der Waals surface area contributed by atoms with Crippen molar-refractivity contribution in [2.24, 2.45) is 0 Å². The Kier molecular flexibility index (Phi) is 21.8. The molecule has 1 radical (unpaired) electrons. The van der Waals surface area contributed by atoms with Crippen LogP contribution in [0.1, 0.15) is 47.0 Å². The Morgan fingerprint density at radius 3 is 2.17 bits per heavy atom. The zero-order valence-corrected chi connectivity index (χ0v) is 16.2. The van der Waals surface area contributed by atoms with Crippen molar-refractivity contribution in [2.45, 2.75) is 53.0 Å². The van der Waals surface area contributed by atoms with Crippen LogP contribution in [0.2, 0.25) is 0 Å². The van der Waals surface area contributed by atoms with Crippen LogP contribution in [0.15, 0.2) is 0 Å². The van der Waals surface area contributed by atoms with Gasteiger partial charge in [0.2, 0.25) is 0 Å². The molecule has 7 heteroatoms. The molecule has 0 aromatic carbocycles. The van der Waals surface area contributed by atoms with Gasteiger partial charge in [-0.1, -0.05) is 26.7 Å². The third-order valence-electron chi connectivity index (χ3n) is 1.74. The van der Waals surface area contributed by atoms with E-state index in [4.69, 9.17) is 26.6 Å². The Morgan fingerprint density at radius 2 is 1.78 bits per heavy atom. The average Bonchev–Trinajstić information content (AvgIpc) is 2.30. The maximum absolute atomic E-state index is 7.00. The molecule has 18 heavy (non-hydrogen) atoms. The van der Waals surface area contributed by atoms with Crippen LogP contribution in [-0.4, -0.2) is 26.3 Å². The summed E-state index contributed by atoms with van der Waals surface area (Å²) in [6.07, 6.45) is 2.89. The van der Waals surface area contributed by atoms with Gasteiger partial charge in [-0.3, -0.25) is 0 Å². The molecule has 0 bridgehead atoms. The minimum absolute atomic E-state index is 0. The van der Waals surface area contributed by atoms with Gasteiger partial charge >= 0.3 is 0 Å². The fourth-order valence-corrected chi connectivity index (χ4v) is 3.19. The first-order valence-corrected chi connectivity index (χ1v) is 8.90. The van der Waals surface area contributed by atoms with E-state index in [1.807, 2.05) is 27.7 Å². The van der Waals surface area contributed by atoms with Gasteiger partial charge in [-0.15, -0.1) is 0 Å². The second-order valence-corrected chi connectivity index (χ2v) is 6.93. The average molecular weight is 476 g/mol. The SMILES string of the molecule is CC.COP(=S)(NC(C)C)OCCCCC[NH-].[Ir]. The summed E-state index contributed by atoms with van der Waals surface area (Å²) < 4.78 is 10.8.